The highest BCUT2D eigenvalue weighted by Gasteiger charge is 2.40. The van der Waals surface area contributed by atoms with Gasteiger partial charge in [0.2, 0.25) is 0 Å². The minimum atomic E-state index is -2.55. The molecule has 0 aromatic carbocycles. The van der Waals surface area contributed by atoms with Crippen LogP contribution in [0.15, 0.2) is 0 Å². The molecule has 0 aliphatic rings. The van der Waals surface area contributed by atoms with Gasteiger partial charge in [0.1, 0.15) is 0 Å². The molecule has 0 aliphatic heterocycles. The van der Waals surface area contributed by atoms with Crippen molar-refractivity contribution in [2.45, 2.75) is 66.5 Å². The van der Waals surface area contributed by atoms with Crippen LogP contribution in [0.25, 0.3) is 0 Å². The standard InChI is InChI=1S/C19H45O6PS3Si2/c1-8-20-30(21-9-2,22-10-3)18-14-16-28-26(7,27)29-17-15-19-31(23-11-4,24-12-5)25-13-6/h8-19H2,1-7H3. The van der Waals surface area contributed by atoms with E-state index in [1.165, 1.54) is 0 Å². The van der Waals surface area contributed by atoms with Crippen LogP contribution in [-0.4, -0.2) is 75.4 Å². The second-order valence-electron chi connectivity index (χ2n) is 6.61. The molecule has 12 heteroatoms. The van der Waals surface area contributed by atoms with Crippen molar-refractivity contribution in [2.24, 2.45) is 0 Å². The van der Waals surface area contributed by atoms with Gasteiger partial charge in [-0.05, 0) is 72.6 Å². The van der Waals surface area contributed by atoms with E-state index in [4.69, 9.17) is 38.4 Å². The lowest BCUT2D eigenvalue weighted by Crippen LogP contribution is -2.46. The molecule has 0 N–H and O–H groups in total. The highest BCUT2D eigenvalue weighted by atomic mass is 33.2. The Hall–Kier alpha value is 1.54. The van der Waals surface area contributed by atoms with Gasteiger partial charge in [0, 0.05) is 51.7 Å². The van der Waals surface area contributed by atoms with E-state index >= 15 is 0 Å². The maximum Gasteiger partial charge on any atom is 0.500 e. The molecule has 0 saturated carbocycles. The molecule has 0 spiro atoms. The van der Waals surface area contributed by atoms with Crippen molar-refractivity contribution in [3.63, 3.8) is 0 Å². The summed E-state index contributed by atoms with van der Waals surface area (Å²) in [7, 11) is -5.09. The van der Waals surface area contributed by atoms with Crippen molar-refractivity contribution in [3.8, 4) is 0 Å². The molecule has 0 heterocycles. The summed E-state index contributed by atoms with van der Waals surface area (Å²) in [5, 5.41) is 0. The van der Waals surface area contributed by atoms with Crippen molar-refractivity contribution in [3.05, 3.63) is 0 Å². The van der Waals surface area contributed by atoms with Gasteiger partial charge in [0.15, 0.2) is 0 Å². The van der Waals surface area contributed by atoms with Crippen LogP contribution in [0, 0.1) is 0 Å². The molecule has 0 aliphatic carbocycles. The Labute approximate surface area is 206 Å². The Morgan fingerprint density at radius 1 is 0.581 bits per heavy atom. The summed E-state index contributed by atoms with van der Waals surface area (Å²) >= 11 is 9.79. The first-order valence-corrected chi connectivity index (χ1v) is 21.8. The predicted octanol–water partition coefficient (Wildman–Crippen LogP) is 6.27. The zero-order valence-electron chi connectivity index (χ0n) is 20.6. The van der Waals surface area contributed by atoms with Gasteiger partial charge in [0.05, 0.1) is 4.44 Å². The van der Waals surface area contributed by atoms with Crippen LogP contribution in [0.2, 0.25) is 12.1 Å². The van der Waals surface area contributed by atoms with E-state index in [1.807, 2.05) is 64.3 Å². The van der Waals surface area contributed by atoms with E-state index in [1.54, 1.807) is 0 Å². The lowest BCUT2D eigenvalue weighted by molar-refractivity contribution is 0.0704. The quantitative estimate of drug-likeness (QED) is 0.0878. The number of hydrogen-bond donors (Lipinski definition) is 0. The summed E-state index contributed by atoms with van der Waals surface area (Å²) in [6.45, 7) is 17.9. The lowest BCUT2D eigenvalue weighted by atomic mass is 10.6. The normalized spacial score (nSPS) is 13.1. The van der Waals surface area contributed by atoms with Crippen LogP contribution in [-0.2, 0) is 38.4 Å². The second kappa shape index (κ2) is 18.8. The van der Waals surface area contributed by atoms with Gasteiger partial charge in [-0.3, -0.25) is 0 Å². The molecule has 0 aromatic rings. The fraction of sp³-hybridized carbons (Fsp3) is 1.00. The molecule has 0 rings (SSSR count). The Morgan fingerprint density at radius 2 is 0.839 bits per heavy atom. The molecular weight excluding hydrogens is 508 g/mol. The van der Waals surface area contributed by atoms with Gasteiger partial charge in [0.25, 0.3) is 0 Å². The highest BCUT2D eigenvalue weighted by molar-refractivity contribution is 9.00. The molecule has 0 saturated heterocycles. The molecule has 0 atom stereocenters. The molecule has 0 radical (unpaired) electrons. The third-order valence-electron chi connectivity index (χ3n) is 4.09. The van der Waals surface area contributed by atoms with Crippen molar-refractivity contribution in [1.29, 1.82) is 0 Å². The van der Waals surface area contributed by atoms with Crippen LogP contribution in [0.4, 0.5) is 0 Å². The first-order chi connectivity index (χ1) is 14.8. The highest BCUT2D eigenvalue weighted by Crippen LogP contribution is 2.66. The van der Waals surface area contributed by atoms with Gasteiger partial charge in [-0.1, -0.05) is 11.8 Å². The topological polar surface area (TPSA) is 55.4 Å². The fourth-order valence-corrected chi connectivity index (χ4v) is 16.4. The SMILES string of the molecule is CCO[Si](CCCSP(C)(=S)SCCC[Si](OCC)(OCC)OCC)(OCC)OCC. The average Bonchev–Trinajstić information content (AvgIpc) is 2.70. The van der Waals surface area contributed by atoms with Crippen molar-refractivity contribution >= 4 is 56.6 Å². The van der Waals surface area contributed by atoms with Crippen LogP contribution in [0.3, 0.4) is 0 Å². The van der Waals surface area contributed by atoms with E-state index in [0.717, 1.165) is 36.4 Å². The molecular formula is C19H45O6PS3Si2. The van der Waals surface area contributed by atoms with Crippen molar-refractivity contribution < 1.29 is 26.6 Å². The third-order valence-corrected chi connectivity index (χ3v) is 20.0. The molecule has 0 fully saturated rings. The van der Waals surface area contributed by atoms with Gasteiger partial charge in [-0.2, -0.15) is 0 Å². The van der Waals surface area contributed by atoms with Crippen molar-refractivity contribution in [1.82, 2.24) is 0 Å². The minimum Gasteiger partial charge on any atom is -0.374 e. The van der Waals surface area contributed by atoms with E-state index < -0.39 is 22.1 Å². The van der Waals surface area contributed by atoms with Gasteiger partial charge in [-0.15, -0.1) is 22.8 Å². The summed E-state index contributed by atoms with van der Waals surface area (Å²) in [5.41, 5.74) is 0. The first-order valence-electron chi connectivity index (χ1n) is 11.5. The zero-order chi connectivity index (χ0) is 23.6. The molecule has 0 amide bonds. The van der Waals surface area contributed by atoms with Crippen LogP contribution < -0.4 is 0 Å². The predicted molar refractivity (Wildman–Crippen MR) is 145 cm³/mol. The first kappa shape index (κ1) is 32.5. The monoisotopic (exact) mass is 552 g/mol. The van der Waals surface area contributed by atoms with Gasteiger partial charge >= 0.3 is 17.6 Å². The second-order valence-corrected chi connectivity index (χ2v) is 25.2. The van der Waals surface area contributed by atoms with Crippen LogP contribution in [0.5, 0.6) is 0 Å². The summed E-state index contributed by atoms with van der Waals surface area (Å²) in [4.78, 5) is 0. The summed E-state index contributed by atoms with van der Waals surface area (Å²) in [5.74, 6) is 2.02. The van der Waals surface area contributed by atoms with E-state index in [-0.39, 0.29) is 0 Å². The lowest BCUT2D eigenvalue weighted by Gasteiger charge is -2.29. The molecule has 188 valence electrons. The van der Waals surface area contributed by atoms with Crippen molar-refractivity contribution in [2.75, 3.05) is 57.8 Å². The molecule has 6 nitrogen and oxygen atoms in total. The van der Waals surface area contributed by atoms with E-state index in [0.29, 0.717) is 39.6 Å². The Bertz CT molecular complexity index is 422. The van der Waals surface area contributed by atoms with Gasteiger partial charge < -0.3 is 26.6 Å². The zero-order valence-corrected chi connectivity index (χ0v) is 26.0. The van der Waals surface area contributed by atoms with E-state index in [9.17, 15) is 0 Å². The largest absolute Gasteiger partial charge is 0.500 e. The fourth-order valence-electron chi connectivity index (χ4n) is 3.08. The smallest absolute Gasteiger partial charge is 0.374 e. The summed E-state index contributed by atoms with van der Waals surface area (Å²) in [6, 6.07) is 1.70. The van der Waals surface area contributed by atoms with E-state index in [2.05, 4.69) is 6.66 Å². The third kappa shape index (κ3) is 14.5. The number of hydrogen-bond acceptors (Lipinski definition) is 9. The Balaban J connectivity index is 4.47. The van der Waals surface area contributed by atoms with Crippen LogP contribution in [0.1, 0.15) is 54.4 Å². The molecule has 31 heavy (non-hydrogen) atoms. The minimum absolute atomic E-state index is 0.622. The number of rotatable bonds is 22. The molecule has 0 bridgehead atoms. The average molecular weight is 553 g/mol. The molecule has 0 aromatic heterocycles. The maximum absolute atomic E-state index is 5.94. The Morgan fingerprint density at radius 3 is 1.06 bits per heavy atom. The Kier molecular flexibility index (Phi) is 19.8. The summed E-state index contributed by atoms with van der Waals surface area (Å²) < 4.78 is 34.2. The summed E-state index contributed by atoms with van der Waals surface area (Å²) in [6.07, 6.45) is 2.00. The maximum atomic E-state index is 5.94. The van der Waals surface area contributed by atoms with Gasteiger partial charge in [-0.25, -0.2) is 0 Å². The van der Waals surface area contributed by atoms with Crippen LogP contribution >= 0.6 is 27.2 Å². The molecule has 0 unspecified atom stereocenters.